The van der Waals surface area contributed by atoms with Gasteiger partial charge in [0.1, 0.15) is 9.88 Å². The SMILES string of the molecule is CC(=O)c1cccc(-c2ncc(C(=O)NCc3ccccc3)s2)c1. The van der Waals surface area contributed by atoms with Crippen LogP contribution in [0.3, 0.4) is 0 Å². The van der Waals surface area contributed by atoms with Crippen molar-refractivity contribution in [1.82, 2.24) is 10.3 Å². The molecular formula is C19H16N2O2S. The predicted molar refractivity (Wildman–Crippen MR) is 95.2 cm³/mol. The molecule has 2 aromatic carbocycles. The van der Waals surface area contributed by atoms with Gasteiger partial charge in [0, 0.05) is 17.7 Å². The highest BCUT2D eigenvalue weighted by Crippen LogP contribution is 2.26. The van der Waals surface area contributed by atoms with Crippen LogP contribution in [0.1, 0.15) is 32.5 Å². The lowest BCUT2D eigenvalue weighted by Crippen LogP contribution is -2.21. The number of thiazole rings is 1. The Bertz CT molecular complexity index is 872. The molecule has 0 saturated carbocycles. The number of nitrogens with zero attached hydrogens (tertiary/aromatic N) is 1. The van der Waals surface area contributed by atoms with Crippen LogP contribution in [0.25, 0.3) is 10.6 Å². The molecule has 24 heavy (non-hydrogen) atoms. The number of benzene rings is 2. The van der Waals surface area contributed by atoms with Gasteiger partial charge in [0.15, 0.2) is 5.78 Å². The first-order valence-electron chi connectivity index (χ1n) is 7.53. The van der Waals surface area contributed by atoms with Crippen LogP contribution in [0.15, 0.2) is 60.8 Å². The maximum absolute atomic E-state index is 12.2. The highest BCUT2D eigenvalue weighted by Gasteiger charge is 2.12. The van der Waals surface area contributed by atoms with Crippen LogP contribution in [-0.4, -0.2) is 16.7 Å². The third-order valence-electron chi connectivity index (χ3n) is 3.54. The summed E-state index contributed by atoms with van der Waals surface area (Å²) in [4.78, 5) is 28.6. The molecule has 0 radical (unpaired) electrons. The fraction of sp³-hybridized carbons (Fsp3) is 0.105. The second-order valence-electron chi connectivity index (χ2n) is 5.33. The summed E-state index contributed by atoms with van der Waals surface area (Å²) >= 11 is 1.32. The van der Waals surface area contributed by atoms with Gasteiger partial charge in [-0.1, -0.05) is 48.5 Å². The maximum Gasteiger partial charge on any atom is 0.263 e. The monoisotopic (exact) mass is 336 g/mol. The molecule has 4 nitrogen and oxygen atoms in total. The number of aromatic nitrogens is 1. The second-order valence-corrected chi connectivity index (χ2v) is 6.37. The van der Waals surface area contributed by atoms with Crippen LogP contribution in [0.2, 0.25) is 0 Å². The number of carbonyl (C=O) groups is 2. The zero-order chi connectivity index (χ0) is 16.9. The van der Waals surface area contributed by atoms with Gasteiger partial charge in [0.05, 0.1) is 6.20 Å². The van der Waals surface area contributed by atoms with Gasteiger partial charge >= 0.3 is 0 Å². The number of hydrogen-bond acceptors (Lipinski definition) is 4. The van der Waals surface area contributed by atoms with Crippen LogP contribution in [-0.2, 0) is 6.54 Å². The van der Waals surface area contributed by atoms with Gasteiger partial charge in [-0.05, 0) is 18.6 Å². The van der Waals surface area contributed by atoms with E-state index in [1.165, 1.54) is 18.3 Å². The fourth-order valence-corrected chi connectivity index (χ4v) is 3.08. The Balaban J connectivity index is 1.72. The third kappa shape index (κ3) is 3.75. The van der Waals surface area contributed by atoms with Crippen molar-refractivity contribution in [3.8, 4) is 10.6 Å². The molecule has 0 fully saturated rings. The molecule has 0 aliphatic carbocycles. The quantitative estimate of drug-likeness (QED) is 0.718. The molecule has 0 atom stereocenters. The molecule has 3 aromatic rings. The lowest BCUT2D eigenvalue weighted by atomic mass is 10.1. The van der Waals surface area contributed by atoms with Crippen molar-refractivity contribution < 1.29 is 9.59 Å². The van der Waals surface area contributed by atoms with Crippen LogP contribution in [0, 0.1) is 0 Å². The number of Topliss-reactive ketones (excluding diaryl/α,β-unsaturated/α-hetero) is 1. The molecule has 1 aromatic heterocycles. The van der Waals surface area contributed by atoms with Crippen molar-refractivity contribution in [3.05, 3.63) is 76.8 Å². The Labute approximate surface area is 144 Å². The zero-order valence-electron chi connectivity index (χ0n) is 13.2. The summed E-state index contributed by atoms with van der Waals surface area (Å²) in [5, 5.41) is 3.61. The van der Waals surface area contributed by atoms with Crippen molar-refractivity contribution in [2.75, 3.05) is 0 Å². The number of rotatable bonds is 5. The van der Waals surface area contributed by atoms with Gasteiger partial charge in [-0.25, -0.2) is 4.98 Å². The number of nitrogens with one attached hydrogen (secondary N) is 1. The van der Waals surface area contributed by atoms with E-state index in [4.69, 9.17) is 0 Å². The summed E-state index contributed by atoms with van der Waals surface area (Å²) in [5.74, 6) is -0.139. The molecule has 0 aliphatic rings. The Morgan fingerprint density at radius 2 is 1.88 bits per heavy atom. The summed E-state index contributed by atoms with van der Waals surface area (Å²) in [6, 6.07) is 17.0. The molecule has 0 bridgehead atoms. The van der Waals surface area contributed by atoms with Gasteiger partial charge in [-0.3, -0.25) is 9.59 Å². The molecule has 1 heterocycles. The molecule has 120 valence electrons. The lowest BCUT2D eigenvalue weighted by molar-refractivity contribution is 0.0953. The highest BCUT2D eigenvalue weighted by molar-refractivity contribution is 7.16. The second kappa shape index (κ2) is 7.19. The number of ketones is 1. The Hall–Kier alpha value is -2.79. The average molecular weight is 336 g/mol. The van der Waals surface area contributed by atoms with E-state index in [9.17, 15) is 9.59 Å². The van der Waals surface area contributed by atoms with E-state index in [1.54, 1.807) is 18.3 Å². The topological polar surface area (TPSA) is 59.1 Å². The van der Waals surface area contributed by atoms with Crippen molar-refractivity contribution in [2.24, 2.45) is 0 Å². The van der Waals surface area contributed by atoms with E-state index in [-0.39, 0.29) is 11.7 Å². The van der Waals surface area contributed by atoms with Crippen molar-refractivity contribution >= 4 is 23.0 Å². The minimum Gasteiger partial charge on any atom is -0.347 e. The van der Waals surface area contributed by atoms with Gasteiger partial charge in [-0.2, -0.15) is 0 Å². The standard InChI is InChI=1S/C19H16N2O2S/c1-13(22)15-8-5-9-16(10-15)19-21-12-17(24-19)18(23)20-11-14-6-3-2-4-7-14/h2-10,12H,11H2,1H3,(H,20,23). The first-order chi connectivity index (χ1) is 11.6. The fourth-order valence-electron chi connectivity index (χ4n) is 2.25. The average Bonchev–Trinajstić information content (AvgIpc) is 3.11. The summed E-state index contributed by atoms with van der Waals surface area (Å²) in [6.07, 6.45) is 1.57. The molecule has 0 unspecified atom stereocenters. The third-order valence-corrected chi connectivity index (χ3v) is 4.59. The Morgan fingerprint density at radius 1 is 1.08 bits per heavy atom. The minimum atomic E-state index is -0.148. The summed E-state index contributed by atoms with van der Waals surface area (Å²) < 4.78 is 0. The van der Waals surface area contributed by atoms with E-state index in [0.717, 1.165) is 16.1 Å². The van der Waals surface area contributed by atoms with Crippen molar-refractivity contribution in [3.63, 3.8) is 0 Å². The summed E-state index contributed by atoms with van der Waals surface area (Å²) in [6.45, 7) is 2.01. The summed E-state index contributed by atoms with van der Waals surface area (Å²) in [5.41, 5.74) is 2.53. The summed E-state index contributed by atoms with van der Waals surface area (Å²) in [7, 11) is 0. The van der Waals surface area contributed by atoms with E-state index in [0.29, 0.717) is 17.0 Å². The van der Waals surface area contributed by atoms with Gasteiger partial charge < -0.3 is 5.32 Å². The molecule has 1 N–H and O–H groups in total. The Morgan fingerprint density at radius 3 is 2.62 bits per heavy atom. The smallest absolute Gasteiger partial charge is 0.263 e. The normalized spacial score (nSPS) is 10.4. The minimum absolute atomic E-state index is 0.00855. The van der Waals surface area contributed by atoms with Crippen LogP contribution >= 0.6 is 11.3 Å². The number of carbonyl (C=O) groups excluding carboxylic acids is 2. The van der Waals surface area contributed by atoms with Gasteiger partial charge in [0.25, 0.3) is 5.91 Å². The van der Waals surface area contributed by atoms with Crippen LogP contribution in [0.5, 0.6) is 0 Å². The maximum atomic E-state index is 12.2. The van der Waals surface area contributed by atoms with Crippen molar-refractivity contribution in [2.45, 2.75) is 13.5 Å². The predicted octanol–water partition coefficient (Wildman–Crippen LogP) is 3.94. The van der Waals surface area contributed by atoms with Gasteiger partial charge in [-0.15, -0.1) is 11.3 Å². The molecule has 0 spiro atoms. The first kappa shape index (κ1) is 16.1. The molecule has 3 rings (SSSR count). The largest absolute Gasteiger partial charge is 0.347 e. The number of hydrogen-bond donors (Lipinski definition) is 1. The van der Waals surface area contributed by atoms with E-state index in [1.807, 2.05) is 42.5 Å². The lowest BCUT2D eigenvalue weighted by Gasteiger charge is -2.03. The van der Waals surface area contributed by atoms with E-state index in [2.05, 4.69) is 10.3 Å². The molecule has 0 saturated heterocycles. The molecular weight excluding hydrogens is 320 g/mol. The molecule has 5 heteroatoms. The van der Waals surface area contributed by atoms with Crippen molar-refractivity contribution in [1.29, 1.82) is 0 Å². The van der Waals surface area contributed by atoms with Gasteiger partial charge in [0.2, 0.25) is 0 Å². The molecule has 1 amide bonds. The van der Waals surface area contributed by atoms with E-state index < -0.39 is 0 Å². The zero-order valence-corrected chi connectivity index (χ0v) is 14.0. The van der Waals surface area contributed by atoms with Crippen LogP contribution in [0.4, 0.5) is 0 Å². The molecule has 0 aliphatic heterocycles. The number of amides is 1. The first-order valence-corrected chi connectivity index (χ1v) is 8.34. The highest BCUT2D eigenvalue weighted by atomic mass is 32.1. The van der Waals surface area contributed by atoms with E-state index >= 15 is 0 Å². The van der Waals surface area contributed by atoms with Crippen LogP contribution < -0.4 is 5.32 Å². The Kier molecular flexibility index (Phi) is 4.82.